The zero-order valence-electron chi connectivity index (χ0n) is 13.7. The smallest absolute Gasteiger partial charge is 0.293 e. The van der Waals surface area contributed by atoms with Gasteiger partial charge in [0.25, 0.3) is 6.47 Å². The predicted molar refractivity (Wildman–Crippen MR) is 91.4 cm³/mol. The van der Waals surface area contributed by atoms with Gasteiger partial charge >= 0.3 is 0 Å². The Morgan fingerprint density at radius 3 is 2.57 bits per heavy atom. The van der Waals surface area contributed by atoms with E-state index in [-0.39, 0.29) is 11.3 Å². The molecule has 3 atom stereocenters. The Morgan fingerprint density at radius 1 is 1.35 bits per heavy atom. The molecule has 23 heavy (non-hydrogen) atoms. The van der Waals surface area contributed by atoms with Crippen molar-refractivity contribution in [2.24, 2.45) is 11.3 Å². The molecule has 3 nitrogen and oxygen atoms in total. The Bertz CT molecular complexity index is 587. The monoisotopic (exact) mass is 312 g/mol. The molecule has 3 heteroatoms. The number of aldehydes is 1. The van der Waals surface area contributed by atoms with Crippen LogP contribution in [0.5, 0.6) is 0 Å². The van der Waals surface area contributed by atoms with Crippen LogP contribution < -0.4 is 0 Å². The summed E-state index contributed by atoms with van der Waals surface area (Å²) in [4.78, 5) is 21.5. The van der Waals surface area contributed by atoms with Crippen molar-refractivity contribution in [1.29, 1.82) is 0 Å². The standard InChI is InChI=1S/C20H24O3/c1-4-20(13-23-14-22)10-9-18(15(2)3)19(11-20)17-7-5-16(12-21)6-8-17/h4-8,12,14,18-19H,1-2,9-11,13H2,3H3/t18-,19-,20-/m0/s1. The largest absolute Gasteiger partial charge is 0.467 e. The first-order valence-electron chi connectivity index (χ1n) is 7.94. The van der Waals surface area contributed by atoms with Crippen LogP contribution in [0.15, 0.2) is 49.1 Å². The highest BCUT2D eigenvalue weighted by Crippen LogP contribution is 2.50. The number of hydrogen-bond acceptors (Lipinski definition) is 3. The van der Waals surface area contributed by atoms with Gasteiger partial charge in [-0.1, -0.05) is 42.5 Å². The van der Waals surface area contributed by atoms with Crippen LogP contribution in [0.4, 0.5) is 0 Å². The van der Waals surface area contributed by atoms with E-state index >= 15 is 0 Å². The van der Waals surface area contributed by atoms with Crippen molar-refractivity contribution in [1.82, 2.24) is 0 Å². The van der Waals surface area contributed by atoms with Crippen molar-refractivity contribution in [3.8, 4) is 0 Å². The quantitative estimate of drug-likeness (QED) is 0.557. The van der Waals surface area contributed by atoms with Gasteiger partial charge in [-0.3, -0.25) is 9.59 Å². The van der Waals surface area contributed by atoms with E-state index in [0.29, 0.717) is 24.6 Å². The van der Waals surface area contributed by atoms with Crippen LogP contribution in [0.25, 0.3) is 0 Å². The van der Waals surface area contributed by atoms with Gasteiger partial charge in [-0.25, -0.2) is 0 Å². The van der Waals surface area contributed by atoms with Gasteiger partial charge in [-0.15, -0.1) is 6.58 Å². The molecular formula is C20H24O3. The van der Waals surface area contributed by atoms with Crippen LogP contribution in [0.2, 0.25) is 0 Å². The van der Waals surface area contributed by atoms with Crippen LogP contribution in [0, 0.1) is 11.3 Å². The third-order valence-corrected chi connectivity index (χ3v) is 5.07. The zero-order chi connectivity index (χ0) is 16.9. The number of hydrogen-bond donors (Lipinski definition) is 0. The van der Waals surface area contributed by atoms with Gasteiger partial charge in [0, 0.05) is 11.0 Å². The van der Waals surface area contributed by atoms with E-state index < -0.39 is 0 Å². The lowest BCUT2D eigenvalue weighted by atomic mass is 9.62. The molecule has 0 saturated heterocycles. The summed E-state index contributed by atoms with van der Waals surface area (Å²) < 4.78 is 5.06. The van der Waals surface area contributed by atoms with Gasteiger partial charge < -0.3 is 4.74 Å². The Balaban J connectivity index is 2.32. The molecule has 2 rings (SSSR count). The minimum absolute atomic E-state index is 0.194. The van der Waals surface area contributed by atoms with Crippen LogP contribution in [-0.4, -0.2) is 19.4 Å². The molecule has 1 aromatic carbocycles. The molecule has 0 spiro atoms. The molecule has 0 aromatic heterocycles. The molecule has 0 heterocycles. The lowest BCUT2D eigenvalue weighted by Crippen LogP contribution is -2.35. The van der Waals surface area contributed by atoms with Crippen molar-refractivity contribution in [3.63, 3.8) is 0 Å². The Labute approximate surface area is 138 Å². The minimum atomic E-state index is -0.194. The summed E-state index contributed by atoms with van der Waals surface area (Å²) in [5.41, 5.74) is 2.85. The summed E-state index contributed by atoms with van der Waals surface area (Å²) in [5, 5.41) is 0. The molecule has 1 aliphatic carbocycles. The molecule has 122 valence electrons. The summed E-state index contributed by atoms with van der Waals surface area (Å²) in [6.45, 7) is 11.1. The maximum atomic E-state index is 10.9. The Morgan fingerprint density at radius 2 is 2.04 bits per heavy atom. The first-order valence-corrected chi connectivity index (χ1v) is 7.94. The van der Waals surface area contributed by atoms with Gasteiger partial charge in [0.15, 0.2) is 0 Å². The van der Waals surface area contributed by atoms with Gasteiger partial charge in [-0.2, -0.15) is 0 Å². The molecule has 0 radical (unpaired) electrons. The molecular weight excluding hydrogens is 288 g/mol. The van der Waals surface area contributed by atoms with Crippen LogP contribution in [0.3, 0.4) is 0 Å². The van der Waals surface area contributed by atoms with Gasteiger partial charge in [0.2, 0.25) is 0 Å². The van der Waals surface area contributed by atoms with E-state index in [2.05, 4.69) is 20.1 Å². The molecule has 1 aromatic rings. The molecule has 1 saturated carbocycles. The number of rotatable bonds is 7. The van der Waals surface area contributed by atoms with Crippen molar-refractivity contribution < 1.29 is 14.3 Å². The van der Waals surface area contributed by atoms with E-state index in [9.17, 15) is 9.59 Å². The highest BCUT2D eigenvalue weighted by atomic mass is 16.5. The molecule has 0 aliphatic heterocycles. The summed E-state index contributed by atoms with van der Waals surface area (Å²) >= 11 is 0. The van der Waals surface area contributed by atoms with Crippen LogP contribution in [-0.2, 0) is 9.53 Å². The minimum Gasteiger partial charge on any atom is -0.467 e. The zero-order valence-corrected chi connectivity index (χ0v) is 13.7. The number of allylic oxidation sites excluding steroid dienone is 1. The van der Waals surface area contributed by atoms with Crippen LogP contribution in [0.1, 0.15) is 48.0 Å². The van der Waals surface area contributed by atoms with E-state index in [4.69, 9.17) is 4.74 Å². The summed E-state index contributed by atoms with van der Waals surface area (Å²) in [5.74, 6) is 0.677. The molecule has 0 N–H and O–H groups in total. The fraction of sp³-hybridized carbons (Fsp3) is 0.400. The fourth-order valence-corrected chi connectivity index (χ4v) is 3.66. The average molecular weight is 312 g/mol. The van der Waals surface area contributed by atoms with E-state index in [1.807, 2.05) is 30.3 Å². The maximum absolute atomic E-state index is 10.9. The highest BCUT2D eigenvalue weighted by Gasteiger charge is 2.40. The van der Waals surface area contributed by atoms with Crippen molar-refractivity contribution in [3.05, 3.63) is 60.2 Å². The van der Waals surface area contributed by atoms with Gasteiger partial charge in [-0.05, 0) is 43.6 Å². The summed E-state index contributed by atoms with van der Waals surface area (Å²) in [7, 11) is 0. The molecule has 0 unspecified atom stereocenters. The van der Waals surface area contributed by atoms with Gasteiger partial charge in [0.1, 0.15) is 12.9 Å². The number of carbonyl (C=O) groups excluding carboxylic acids is 2. The number of carbonyl (C=O) groups is 2. The van der Waals surface area contributed by atoms with Crippen LogP contribution >= 0.6 is 0 Å². The lowest BCUT2D eigenvalue weighted by molar-refractivity contribution is -0.132. The first kappa shape index (κ1) is 17.2. The van der Waals surface area contributed by atoms with E-state index in [1.54, 1.807) is 0 Å². The second kappa shape index (κ2) is 7.40. The molecule has 1 fully saturated rings. The third kappa shape index (κ3) is 3.79. The topological polar surface area (TPSA) is 43.4 Å². The maximum Gasteiger partial charge on any atom is 0.293 e. The Hall–Kier alpha value is -2.16. The number of benzene rings is 1. The van der Waals surface area contributed by atoms with Gasteiger partial charge in [0.05, 0.1) is 0 Å². The molecule has 1 aliphatic rings. The summed E-state index contributed by atoms with van der Waals surface area (Å²) in [6, 6.07) is 7.74. The molecule has 0 bridgehead atoms. The highest BCUT2D eigenvalue weighted by molar-refractivity contribution is 5.74. The van der Waals surface area contributed by atoms with Crippen molar-refractivity contribution in [2.75, 3.05) is 6.61 Å². The average Bonchev–Trinajstić information content (AvgIpc) is 2.59. The molecule has 0 amide bonds. The predicted octanol–water partition coefficient (Wildman–Crippen LogP) is 4.30. The van der Waals surface area contributed by atoms with E-state index in [0.717, 1.165) is 25.5 Å². The third-order valence-electron chi connectivity index (χ3n) is 5.07. The SMILES string of the molecule is C=C[C@]1(COC=O)CC[C@@H](C(=C)C)[C@H](c2ccc(C=O)cc2)C1. The van der Waals surface area contributed by atoms with Crippen molar-refractivity contribution >= 4 is 12.8 Å². The normalized spacial score (nSPS) is 27.0. The Kier molecular flexibility index (Phi) is 5.54. The second-order valence-electron chi connectivity index (χ2n) is 6.56. The van der Waals surface area contributed by atoms with E-state index in [1.165, 1.54) is 11.1 Å². The number of ether oxygens (including phenoxy) is 1. The lowest BCUT2D eigenvalue weighted by Gasteiger charge is -2.43. The first-order chi connectivity index (χ1) is 11.0. The fourth-order valence-electron chi connectivity index (χ4n) is 3.66. The summed E-state index contributed by atoms with van der Waals surface area (Å²) in [6.07, 6.45) is 5.57. The second-order valence-corrected chi connectivity index (χ2v) is 6.56. The van der Waals surface area contributed by atoms with Crippen molar-refractivity contribution in [2.45, 2.75) is 32.1 Å².